The van der Waals surface area contributed by atoms with Gasteiger partial charge in [-0.15, -0.1) is 0 Å². The maximum Gasteiger partial charge on any atom is 0.282 e. The largest absolute Gasteiger partial charge is 0.450 e. The Morgan fingerprint density at radius 3 is 2.87 bits per heavy atom. The van der Waals surface area contributed by atoms with Gasteiger partial charge in [-0.05, 0) is 12.1 Å². The molecule has 0 radical (unpaired) electrons. The molecule has 3 heterocycles. The zero-order valence-corrected chi connectivity index (χ0v) is 12.0. The Morgan fingerprint density at radius 1 is 1.22 bits per heavy atom. The van der Waals surface area contributed by atoms with Crippen LogP contribution in [0.25, 0.3) is 22.1 Å². The fourth-order valence-electron chi connectivity index (χ4n) is 2.54. The lowest BCUT2D eigenvalue weighted by Crippen LogP contribution is -2.02. The minimum absolute atomic E-state index is 0.183. The number of alkyl halides is 2. The molecule has 116 valence electrons. The van der Waals surface area contributed by atoms with Gasteiger partial charge in [0.1, 0.15) is 23.1 Å². The van der Waals surface area contributed by atoms with Crippen molar-refractivity contribution in [3.05, 3.63) is 42.5 Å². The highest BCUT2D eigenvalue weighted by atomic mass is 19.3. The average Bonchev–Trinajstić information content (AvgIpc) is 3.09. The van der Waals surface area contributed by atoms with Crippen molar-refractivity contribution < 1.29 is 13.2 Å². The number of anilines is 2. The number of aryl methyl sites for hydroxylation is 1. The lowest BCUT2D eigenvalue weighted by molar-refractivity contribution is 0.141. The molecule has 6 nitrogen and oxygen atoms in total. The van der Waals surface area contributed by atoms with Crippen LogP contribution in [0.4, 0.5) is 20.3 Å². The third kappa shape index (κ3) is 2.10. The topological polar surface area (TPSA) is 68.8 Å². The molecule has 23 heavy (non-hydrogen) atoms. The number of hydrogen-bond donors (Lipinski definition) is 1. The minimum atomic E-state index is -2.65. The number of nitrogens with zero attached hydrogens (tertiary/aromatic N) is 4. The molecule has 0 unspecified atom stereocenters. The summed E-state index contributed by atoms with van der Waals surface area (Å²) < 4.78 is 33.2. The highest BCUT2D eigenvalue weighted by Gasteiger charge is 2.20. The monoisotopic (exact) mass is 315 g/mol. The number of nitrogens with one attached hydrogen (secondary N) is 1. The van der Waals surface area contributed by atoms with Crippen LogP contribution in [0.15, 0.2) is 41.2 Å². The van der Waals surface area contributed by atoms with E-state index in [0.29, 0.717) is 22.5 Å². The quantitative estimate of drug-likeness (QED) is 0.623. The first-order valence-electron chi connectivity index (χ1n) is 6.84. The van der Waals surface area contributed by atoms with E-state index in [1.807, 2.05) is 24.3 Å². The highest BCUT2D eigenvalue weighted by Crippen LogP contribution is 2.33. The number of aromatic nitrogens is 4. The Bertz CT molecular complexity index is 1010. The van der Waals surface area contributed by atoms with Crippen LogP contribution in [0.2, 0.25) is 0 Å². The third-order valence-corrected chi connectivity index (χ3v) is 3.60. The summed E-state index contributed by atoms with van der Waals surface area (Å²) in [6.07, 6.45) is 0.0429. The summed E-state index contributed by atoms with van der Waals surface area (Å²) in [5.74, 6) is 0.320. The third-order valence-electron chi connectivity index (χ3n) is 3.60. The summed E-state index contributed by atoms with van der Waals surface area (Å²) in [5.41, 5.74) is 1.67. The molecule has 3 aromatic heterocycles. The summed E-state index contributed by atoms with van der Waals surface area (Å²) >= 11 is 0. The van der Waals surface area contributed by atoms with E-state index in [1.54, 1.807) is 0 Å². The number of furan rings is 1. The predicted octanol–water partition coefficient (Wildman–Crippen LogP) is 3.79. The molecule has 4 rings (SSSR count). The van der Waals surface area contributed by atoms with E-state index in [0.717, 1.165) is 10.1 Å². The van der Waals surface area contributed by atoms with Gasteiger partial charge < -0.3 is 9.73 Å². The summed E-state index contributed by atoms with van der Waals surface area (Å²) in [6.45, 7) is 0. The lowest BCUT2D eigenvalue weighted by Gasteiger charge is -2.07. The van der Waals surface area contributed by atoms with E-state index in [4.69, 9.17) is 4.42 Å². The van der Waals surface area contributed by atoms with Gasteiger partial charge in [0, 0.05) is 12.4 Å². The Morgan fingerprint density at radius 2 is 2.04 bits per heavy atom. The Labute approximate surface area is 128 Å². The van der Waals surface area contributed by atoms with Crippen LogP contribution in [-0.2, 0) is 7.05 Å². The van der Waals surface area contributed by atoms with Gasteiger partial charge in [-0.1, -0.05) is 12.1 Å². The van der Waals surface area contributed by atoms with E-state index in [2.05, 4.69) is 20.4 Å². The van der Waals surface area contributed by atoms with Crippen molar-refractivity contribution in [2.45, 2.75) is 6.43 Å². The van der Waals surface area contributed by atoms with Gasteiger partial charge in [0.05, 0.1) is 11.9 Å². The van der Waals surface area contributed by atoms with Gasteiger partial charge in [-0.3, -0.25) is 4.68 Å². The molecule has 0 amide bonds. The first-order chi connectivity index (χ1) is 11.1. The molecular formula is C15H11F2N5O. The number of hydrogen-bond acceptors (Lipinski definition) is 5. The van der Waals surface area contributed by atoms with Crippen molar-refractivity contribution >= 4 is 33.6 Å². The van der Waals surface area contributed by atoms with Crippen LogP contribution >= 0.6 is 0 Å². The average molecular weight is 315 g/mol. The molecule has 0 atom stereocenters. The molecule has 8 heteroatoms. The zero-order chi connectivity index (χ0) is 16.0. The first kappa shape index (κ1) is 13.6. The van der Waals surface area contributed by atoms with Crippen molar-refractivity contribution in [3.63, 3.8) is 0 Å². The number of halogens is 2. The molecule has 0 aliphatic carbocycles. The molecule has 0 fully saturated rings. The van der Waals surface area contributed by atoms with Crippen LogP contribution in [-0.4, -0.2) is 19.7 Å². The predicted molar refractivity (Wildman–Crippen MR) is 80.8 cm³/mol. The molecule has 4 aromatic rings. The molecule has 0 aliphatic rings. The fraction of sp³-hybridized carbons (Fsp3) is 0.133. The van der Waals surface area contributed by atoms with E-state index in [1.165, 1.54) is 19.6 Å². The second-order valence-corrected chi connectivity index (χ2v) is 4.99. The Balaban J connectivity index is 1.87. The van der Waals surface area contributed by atoms with E-state index >= 15 is 0 Å². The van der Waals surface area contributed by atoms with Crippen LogP contribution in [0.5, 0.6) is 0 Å². The minimum Gasteiger partial charge on any atom is -0.450 e. The second kappa shape index (κ2) is 5.01. The summed E-state index contributed by atoms with van der Waals surface area (Å²) in [6, 6.07) is 7.42. The van der Waals surface area contributed by atoms with Crippen molar-refractivity contribution in [3.8, 4) is 0 Å². The van der Waals surface area contributed by atoms with Crippen molar-refractivity contribution in [2.24, 2.45) is 7.05 Å². The summed E-state index contributed by atoms with van der Waals surface area (Å²) in [7, 11) is 1.46. The van der Waals surface area contributed by atoms with E-state index in [-0.39, 0.29) is 11.4 Å². The van der Waals surface area contributed by atoms with Crippen LogP contribution in [0.3, 0.4) is 0 Å². The fourth-order valence-corrected chi connectivity index (χ4v) is 2.54. The molecule has 1 aromatic carbocycles. The zero-order valence-electron chi connectivity index (χ0n) is 12.0. The van der Waals surface area contributed by atoms with Gasteiger partial charge in [0.25, 0.3) is 6.43 Å². The SMILES string of the molecule is Cn1ncc(Nc2ncnc3c2oc2ccccc23)c1C(F)F. The lowest BCUT2D eigenvalue weighted by atomic mass is 10.2. The van der Waals surface area contributed by atoms with Gasteiger partial charge >= 0.3 is 0 Å². The number of fused-ring (bicyclic) bond motifs is 3. The smallest absolute Gasteiger partial charge is 0.282 e. The normalized spacial score (nSPS) is 11.7. The van der Waals surface area contributed by atoms with Crippen molar-refractivity contribution in [1.29, 1.82) is 0 Å². The Kier molecular flexibility index (Phi) is 2.97. The number of para-hydroxylation sites is 1. The molecule has 0 aliphatic heterocycles. The maximum atomic E-state index is 13.1. The van der Waals surface area contributed by atoms with E-state index in [9.17, 15) is 8.78 Å². The van der Waals surface area contributed by atoms with Crippen LogP contribution < -0.4 is 5.32 Å². The van der Waals surface area contributed by atoms with Gasteiger partial charge in [-0.2, -0.15) is 5.10 Å². The molecule has 0 saturated carbocycles. The summed E-state index contributed by atoms with van der Waals surface area (Å²) in [4.78, 5) is 8.33. The maximum absolute atomic E-state index is 13.1. The molecular weight excluding hydrogens is 304 g/mol. The Hall–Kier alpha value is -3.03. The van der Waals surface area contributed by atoms with Crippen LogP contribution in [0, 0.1) is 0 Å². The van der Waals surface area contributed by atoms with Gasteiger partial charge in [-0.25, -0.2) is 18.7 Å². The van der Waals surface area contributed by atoms with Gasteiger partial charge in [0.2, 0.25) is 0 Å². The highest BCUT2D eigenvalue weighted by molar-refractivity contribution is 6.05. The van der Waals surface area contributed by atoms with E-state index < -0.39 is 6.43 Å². The molecule has 0 bridgehead atoms. The van der Waals surface area contributed by atoms with Crippen LogP contribution in [0.1, 0.15) is 12.1 Å². The summed E-state index contributed by atoms with van der Waals surface area (Å²) in [5, 5.41) is 7.57. The molecule has 0 spiro atoms. The van der Waals surface area contributed by atoms with Crippen molar-refractivity contribution in [2.75, 3.05) is 5.32 Å². The van der Waals surface area contributed by atoms with Crippen molar-refractivity contribution in [1.82, 2.24) is 19.7 Å². The van der Waals surface area contributed by atoms with Gasteiger partial charge in [0.15, 0.2) is 11.4 Å². The second-order valence-electron chi connectivity index (χ2n) is 4.99. The number of rotatable bonds is 3. The molecule has 1 N–H and O–H groups in total. The molecule has 0 saturated heterocycles. The number of benzene rings is 1. The standard InChI is InChI=1S/C15H11F2N5O/c1-22-12(14(16)17)9(6-20-22)21-15-13-11(18-7-19-15)8-4-2-3-5-10(8)23-13/h2-7,14H,1H3,(H,18,19,21). The first-order valence-corrected chi connectivity index (χ1v) is 6.84.